The van der Waals surface area contributed by atoms with Crippen LogP contribution in [0.5, 0.6) is 0 Å². The van der Waals surface area contributed by atoms with Crippen molar-refractivity contribution in [1.29, 1.82) is 0 Å². The van der Waals surface area contributed by atoms with Gasteiger partial charge < -0.3 is 14.2 Å². The van der Waals surface area contributed by atoms with Crippen LogP contribution in [-0.4, -0.2) is 65.7 Å². The number of carbonyl (C=O) groups excluding carboxylic acids is 1. The van der Waals surface area contributed by atoms with Crippen LogP contribution < -0.4 is 5.43 Å². The summed E-state index contributed by atoms with van der Waals surface area (Å²) in [6, 6.07) is 9.71. The Morgan fingerprint density at radius 3 is 2.56 bits per heavy atom. The molecule has 0 radical (unpaired) electrons. The maximum absolute atomic E-state index is 12.9. The number of morpholine rings is 1. The van der Waals surface area contributed by atoms with Crippen LogP contribution in [0, 0.1) is 6.92 Å². The Hall–Kier alpha value is -2.18. The van der Waals surface area contributed by atoms with E-state index in [1.165, 1.54) is 0 Å². The number of aryl methyl sites for hydroxylation is 1. The summed E-state index contributed by atoms with van der Waals surface area (Å²) in [6.07, 6.45) is 2.05. The van der Waals surface area contributed by atoms with Crippen molar-refractivity contribution in [2.24, 2.45) is 0 Å². The van der Waals surface area contributed by atoms with Crippen molar-refractivity contribution in [3.63, 3.8) is 0 Å². The van der Waals surface area contributed by atoms with E-state index in [2.05, 4.69) is 4.90 Å². The molecule has 0 unspecified atom stereocenters. The van der Waals surface area contributed by atoms with Gasteiger partial charge in [-0.1, -0.05) is 12.1 Å². The quantitative estimate of drug-likeness (QED) is 0.825. The number of benzene rings is 1. The zero-order valence-corrected chi connectivity index (χ0v) is 15.9. The van der Waals surface area contributed by atoms with E-state index >= 15 is 0 Å². The van der Waals surface area contributed by atoms with Gasteiger partial charge in [0.25, 0.3) is 0 Å². The minimum Gasteiger partial charge on any atom is -0.379 e. The third-order valence-electron chi connectivity index (χ3n) is 5.90. The molecule has 6 nitrogen and oxygen atoms in total. The van der Waals surface area contributed by atoms with Gasteiger partial charge in [-0.3, -0.25) is 14.5 Å². The van der Waals surface area contributed by atoms with Crippen LogP contribution in [0.25, 0.3) is 10.9 Å². The number of ether oxygens (including phenoxy) is 1. The number of amides is 1. The summed E-state index contributed by atoms with van der Waals surface area (Å²) < 4.78 is 7.41. The van der Waals surface area contributed by atoms with E-state index in [9.17, 15) is 9.59 Å². The smallest absolute Gasteiger partial charge is 0.242 e. The molecule has 2 aromatic rings. The first-order chi connectivity index (χ1) is 13.1. The van der Waals surface area contributed by atoms with Crippen LogP contribution >= 0.6 is 0 Å². The molecule has 1 aromatic heterocycles. The van der Waals surface area contributed by atoms with E-state index in [0.717, 1.165) is 63.4 Å². The molecule has 2 fully saturated rings. The second kappa shape index (κ2) is 7.82. The first-order valence-electron chi connectivity index (χ1n) is 9.82. The molecule has 0 atom stereocenters. The highest BCUT2D eigenvalue weighted by Crippen LogP contribution is 2.19. The summed E-state index contributed by atoms with van der Waals surface area (Å²) >= 11 is 0. The molecular weight excluding hydrogens is 342 g/mol. The number of para-hydroxylation sites is 1. The van der Waals surface area contributed by atoms with Gasteiger partial charge in [0.1, 0.15) is 6.54 Å². The third-order valence-corrected chi connectivity index (χ3v) is 5.90. The summed E-state index contributed by atoms with van der Waals surface area (Å²) in [4.78, 5) is 29.6. The zero-order chi connectivity index (χ0) is 18.8. The predicted molar refractivity (Wildman–Crippen MR) is 105 cm³/mol. The topological polar surface area (TPSA) is 54.8 Å². The molecule has 3 heterocycles. The zero-order valence-electron chi connectivity index (χ0n) is 15.9. The standard InChI is InChI=1S/C21H27N3O3/c1-16-14-20(25)18-4-2-3-5-19(18)24(16)15-21(26)23-8-6-17(7-9-23)22-10-12-27-13-11-22/h2-5,14,17H,6-13,15H2,1H3. The highest BCUT2D eigenvalue weighted by atomic mass is 16.5. The SMILES string of the molecule is Cc1cc(=O)c2ccccc2n1CC(=O)N1CCC(N2CCOCC2)CC1. The number of nitrogens with zero attached hydrogens (tertiary/aromatic N) is 3. The van der Waals surface area contributed by atoms with Crippen molar-refractivity contribution < 1.29 is 9.53 Å². The van der Waals surface area contributed by atoms with Crippen molar-refractivity contribution >= 4 is 16.8 Å². The molecule has 0 spiro atoms. The highest BCUT2D eigenvalue weighted by molar-refractivity contribution is 5.82. The summed E-state index contributed by atoms with van der Waals surface area (Å²) in [5.74, 6) is 0.132. The van der Waals surface area contributed by atoms with Crippen molar-refractivity contribution in [3.05, 3.63) is 46.2 Å². The van der Waals surface area contributed by atoms with E-state index in [4.69, 9.17) is 4.74 Å². The van der Waals surface area contributed by atoms with E-state index < -0.39 is 0 Å². The van der Waals surface area contributed by atoms with Crippen molar-refractivity contribution in [2.75, 3.05) is 39.4 Å². The molecule has 4 rings (SSSR count). The van der Waals surface area contributed by atoms with Crippen molar-refractivity contribution in [1.82, 2.24) is 14.4 Å². The molecule has 6 heteroatoms. The van der Waals surface area contributed by atoms with Gasteiger partial charge in [-0.2, -0.15) is 0 Å². The summed E-state index contributed by atoms with van der Waals surface area (Å²) in [5, 5.41) is 0.668. The molecule has 27 heavy (non-hydrogen) atoms. The molecule has 1 amide bonds. The predicted octanol–water partition coefficient (Wildman–Crippen LogP) is 1.63. The van der Waals surface area contributed by atoms with Gasteiger partial charge in [-0.25, -0.2) is 0 Å². The monoisotopic (exact) mass is 369 g/mol. The Balaban J connectivity index is 1.44. The first-order valence-corrected chi connectivity index (χ1v) is 9.82. The van der Waals surface area contributed by atoms with Gasteiger partial charge in [0.05, 0.1) is 18.7 Å². The highest BCUT2D eigenvalue weighted by Gasteiger charge is 2.28. The number of hydrogen-bond donors (Lipinski definition) is 0. The van der Waals surface area contributed by atoms with Crippen LogP contribution in [0.4, 0.5) is 0 Å². The molecule has 0 aliphatic carbocycles. The summed E-state index contributed by atoms with van der Waals surface area (Å²) in [5.41, 5.74) is 1.67. The van der Waals surface area contributed by atoms with E-state index in [1.54, 1.807) is 6.07 Å². The van der Waals surface area contributed by atoms with Crippen LogP contribution in [-0.2, 0) is 16.1 Å². The molecule has 2 aliphatic rings. The Kier molecular flexibility index (Phi) is 5.27. The lowest BCUT2D eigenvalue weighted by atomic mass is 10.0. The molecule has 0 N–H and O–H groups in total. The number of hydrogen-bond acceptors (Lipinski definition) is 4. The van der Waals surface area contributed by atoms with Gasteiger partial charge in [0.2, 0.25) is 5.91 Å². The third kappa shape index (κ3) is 3.77. The largest absolute Gasteiger partial charge is 0.379 e. The van der Waals surface area contributed by atoms with Gasteiger partial charge in [-0.15, -0.1) is 0 Å². The van der Waals surface area contributed by atoms with Crippen LogP contribution in [0.15, 0.2) is 35.1 Å². The molecule has 0 bridgehead atoms. The second-order valence-electron chi connectivity index (χ2n) is 7.51. The lowest BCUT2D eigenvalue weighted by Crippen LogP contribution is -2.50. The van der Waals surface area contributed by atoms with Gasteiger partial charge in [0, 0.05) is 49.4 Å². The Morgan fingerprint density at radius 2 is 1.81 bits per heavy atom. The number of fused-ring (bicyclic) bond motifs is 1. The van der Waals surface area contributed by atoms with E-state index in [0.29, 0.717) is 11.4 Å². The Labute approximate surface area is 159 Å². The average Bonchev–Trinajstić information content (AvgIpc) is 2.72. The van der Waals surface area contributed by atoms with Crippen LogP contribution in [0.2, 0.25) is 0 Å². The summed E-state index contributed by atoms with van der Waals surface area (Å²) in [7, 11) is 0. The minimum atomic E-state index is 0.0122. The number of rotatable bonds is 3. The maximum atomic E-state index is 12.9. The first kappa shape index (κ1) is 18.2. The second-order valence-corrected chi connectivity index (χ2v) is 7.51. The molecule has 0 saturated carbocycles. The number of carbonyl (C=O) groups is 1. The van der Waals surface area contributed by atoms with E-state index in [1.807, 2.05) is 40.7 Å². The number of pyridine rings is 1. The lowest BCUT2D eigenvalue weighted by Gasteiger charge is -2.40. The van der Waals surface area contributed by atoms with Gasteiger partial charge >= 0.3 is 0 Å². The molecule has 2 saturated heterocycles. The van der Waals surface area contributed by atoms with Crippen molar-refractivity contribution in [2.45, 2.75) is 32.4 Å². The Morgan fingerprint density at radius 1 is 1.11 bits per heavy atom. The fraction of sp³-hybridized carbons (Fsp3) is 0.524. The minimum absolute atomic E-state index is 0.0122. The molecule has 2 aliphatic heterocycles. The van der Waals surface area contributed by atoms with Crippen molar-refractivity contribution in [3.8, 4) is 0 Å². The van der Waals surface area contributed by atoms with Crippen LogP contribution in [0.1, 0.15) is 18.5 Å². The van der Waals surface area contributed by atoms with Gasteiger partial charge in [-0.05, 0) is 31.9 Å². The molecule has 1 aromatic carbocycles. The molecular formula is C21H27N3O3. The lowest BCUT2D eigenvalue weighted by molar-refractivity contribution is -0.133. The molecule has 144 valence electrons. The number of piperidine rings is 1. The maximum Gasteiger partial charge on any atom is 0.242 e. The summed E-state index contributed by atoms with van der Waals surface area (Å²) in [6.45, 7) is 7.43. The number of likely N-dealkylation sites (tertiary alicyclic amines) is 1. The van der Waals surface area contributed by atoms with E-state index in [-0.39, 0.29) is 17.9 Å². The average molecular weight is 369 g/mol. The van der Waals surface area contributed by atoms with Crippen LogP contribution in [0.3, 0.4) is 0 Å². The normalized spacial score (nSPS) is 19.5. The number of aromatic nitrogens is 1. The fourth-order valence-electron chi connectivity index (χ4n) is 4.32. The fourth-order valence-corrected chi connectivity index (χ4v) is 4.32. The Bertz CT molecular complexity index is 878. The van der Waals surface area contributed by atoms with Gasteiger partial charge in [0.15, 0.2) is 5.43 Å².